The SMILES string of the molecule is CCCCN(c1ccc(C)cc1)[P+](N(CCCC)c1ccc(C)cc1)(N(CCCC)c1ccc(C)cc1)N(CCCC)c1ccc(C)cc1.[I-]. The minimum absolute atomic E-state index is 0. The van der Waals surface area contributed by atoms with Gasteiger partial charge in [-0.3, -0.25) is 0 Å². The van der Waals surface area contributed by atoms with Crippen LogP contribution in [0.5, 0.6) is 0 Å². The number of benzene rings is 4. The number of anilines is 4. The van der Waals surface area contributed by atoms with Crippen LogP contribution in [-0.2, 0) is 0 Å². The van der Waals surface area contributed by atoms with Crippen LogP contribution in [-0.4, -0.2) is 26.2 Å². The Balaban J connectivity index is 0.00000676. The zero-order chi connectivity index (χ0) is 35.2. The summed E-state index contributed by atoms with van der Waals surface area (Å²) in [5.41, 5.74) is 10.4. The van der Waals surface area contributed by atoms with Gasteiger partial charge in [0.2, 0.25) is 0 Å². The third-order valence-electron chi connectivity index (χ3n) is 9.52. The van der Waals surface area contributed by atoms with E-state index in [1.807, 2.05) is 0 Å². The summed E-state index contributed by atoms with van der Waals surface area (Å²) in [6.07, 6.45) is 9.04. The van der Waals surface area contributed by atoms with Gasteiger partial charge in [-0.25, -0.2) is 0 Å². The minimum Gasteiger partial charge on any atom is -1.00 e. The topological polar surface area (TPSA) is 13.0 Å². The molecule has 4 aromatic carbocycles. The molecular formula is C44H64IN4P. The van der Waals surface area contributed by atoms with Crippen molar-refractivity contribution >= 4 is 30.6 Å². The van der Waals surface area contributed by atoms with Gasteiger partial charge in [0.05, 0.1) is 48.9 Å². The van der Waals surface area contributed by atoms with E-state index >= 15 is 0 Å². The minimum atomic E-state index is -2.67. The Bertz CT molecular complexity index is 1270. The van der Waals surface area contributed by atoms with Crippen molar-refractivity contribution in [1.82, 2.24) is 0 Å². The summed E-state index contributed by atoms with van der Waals surface area (Å²) in [7, 11) is -2.67. The Hall–Kier alpha value is -2.76. The fourth-order valence-electron chi connectivity index (χ4n) is 6.55. The van der Waals surface area contributed by atoms with E-state index in [1.54, 1.807) is 0 Å². The van der Waals surface area contributed by atoms with Gasteiger partial charge in [-0.15, -0.1) is 0 Å². The molecule has 0 heterocycles. The second kappa shape index (κ2) is 20.9. The van der Waals surface area contributed by atoms with Gasteiger partial charge in [-0.2, -0.15) is 18.7 Å². The lowest BCUT2D eigenvalue weighted by Crippen LogP contribution is -3.00. The lowest BCUT2D eigenvalue weighted by atomic mass is 10.2. The smallest absolute Gasteiger partial charge is 0.405 e. The maximum Gasteiger partial charge on any atom is 0.405 e. The highest BCUT2D eigenvalue weighted by Crippen LogP contribution is 2.73. The van der Waals surface area contributed by atoms with Gasteiger partial charge in [-0.1, -0.05) is 124 Å². The predicted octanol–water partition coefficient (Wildman–Crippen LogP) is 10.1. The van der Waals surface area contributed by atoms with Gasteiger partial charge in [0.15, 0.2) is 0 Å². The van der Waals surface area contributed by atoms with Crippen LogP contribution in [0.2, 0.25) is 0 Å². The van der Waals surface area contributed by atoms with E-state index in [0.29, 0.717) is 0 Å². The van der Waals surface area contributed by atoms with E-state index in [0.717, 1.165) is 77.5 Å². The van der Waals surface area contributed by atoms with E-state index in [2.05, 4.69) is 171 Å². The van der Waals surface area contributed by atoms with Crippen LogP contribution < -0.4 is 42.7 Å². The van der Waals surface area contributed by atoms with Gasteiger partial charge in [0.25, 0.3) is 0 Å². The number of aryl methyl sites for hydroxylation is 4. The van der Waals surface area contributed by atoms with Gasteiger partial charge in [0, 0.05) is 0 Å². The average Bonchev–Trinajstić information content (AvgIpc) is 3.11. The fourth-order valence-corrected chi connectivity index (χ4v) is 11.5. The van der Waals surface area contributed by atoms with Crippen molar-refractivity contribution in [2.75, 3.05) is 44.9 Å². The molecule has 0 saturated heterocycles. The molecule has 0 atom stereocenters. The third kappa shape index (κ3) is 10.2. The van der Waals surface area contributed by atoms with Crippen LogP contribution in [0.3, 0.4) is 0 Å². The number of nitrogens with zero attached hydrogens (tertiary/aromatic N) is 4. The van der Waals surface area contributed by atoms with E-state index < -0.39 is 7.87 Å². The van der Waals surface area contributed by atoms with Crippen molar-refractivity contribution in [3.63, 3.8) is 0 Å². The summed E-state index contributed by atoms with van der Waals surface area (Å²) in [5.74, 6) is 0. The van der Waals surface area contributed by atoms with Gasteiger partial charge < -0.3 is 24.0 Å². The Kier molecular flexibility index (Phi) is 17.4. The summed E-state index contributed by atoms with van der Waals surface area (Å²) in [5, 5.41) is 0. The van der Waals surface area contributed by atoms with Gasteiger partial charge in [0.1, 0.15) is 0 Å². The molecule has 0 aliphatic carbocycles. The van der Waals surface area contributed by atoms with Crippen LogP contribution in [0, 0.1) is 27.7 Å². The molecule has 0 bridgehead atoms. The summed E-state index contributed by atoms with van der Waals surface area (Å²) in [6.45, 7) is 22.1. The van der Waals surface area contributed by atoms with Crippen molar-refractivity contribution in [2.24, 2.45) is 0 Å². The van der Waals surface area contributed by atoms with Crippen molar-refractivity contribution in [1.29, 1.82) is 0 Å². The summed E-state index contributed by atoms with van der Waals surface area (Å²) >= 11 is 0. The molecule has 272 valence electrons. The Morgan fingerprint density at radius 2 is 0.520 bits per heavy atom. The zero-order valence-electron chi connectivity index (χ0n) is 32.3. The number of rotatable bonds is 20. The first kappa shape index (κ1) is 41.7. The molecule has 0 N–H and O–H groups in total. The first-order valence-electron chi connectivity index (χ1n) is 19.1. The van der Waals surface area contributed by atoms with Crippen LogP contribution in [0.15, 0.2) is 97.1 Å². The lowest BCUT2D eigenvalue weighted by Gasteiger charge is -2.53. The maximum absolute atomic E-state index is 2.89. The number of hydrogen-bond acceptors (Lipinski definition) is 4. The lowest BCUT2D eigenvalue weighted by molar-refractivity contribution is -0.0000104. The monoisotopic (exact) mass is 806 g/mol. The molecule has 0 aliphatic rings. The van der Waals surface area contributed by atoms with E-state index in [-0.39, 0.29) is 24.0 Å². The molecule has 4 nitrogen and oxygen atoms in total. The molecule has 0 aliphatic heterocycles. The van der Waals surface area contributed by atoms with Gasteiger partial charge >= 0.3 is 7.87 Å². The molecule has 0 saturated carbocycles. The van der Waals surface area contributed by atoms with Crippen molar-refractivity contribution in [3.05, 3.63) is 119 Å². The zero-order valence-corrected chi connectivity index (χ0v) is 35.4. The largest absolute Gasteiger partial charge is 1.00 e. The maximum atomic E-state index is 2.89. The first-order chi connectivity index (χ1) is 23.8. The van der Waals surface area contributed by atoms with Crippen molar-refractivity contribution < 1.29 is 24.0 Å². The van der Waals surface area contributed by atoms with E-state index in [1.165, 1.54) is 45.0 Å². The molecular weight excluding hydrogens is 742 g/mol. The molecule has 4 aromatic rings. The highest BCUT2D eigenvalue weighted by Gasteiger charge is 2.63. The Morgan fingerprint density at radius 3 is 0.680 bits per heavy atom. The van der Waals surface area contributed by atoms with E-state index in [9.17, 15) is 0 Å². The Morgan fingerprint density at radius 1 is 0.340 bits per heavy atom. The van der Waals surface area contributed by atoms with Crippen LogP contribution in [0.4, 0.5) is 22.7 Å². The van der Waals surface area contributed by atoms with E-state index in [4.69, 9.17) is 0 Å². The fraction of sp³-hybridized carbons (Fsp3) is 0.455. The molecule has 4 rings (SSSR count). The normalized spacial score (nSPS) is 11.2. The predicted molar refractivity (Wildman–Crippen MR) is 221 cm³/mol. The quantitative estimate of drug-likeness (QED) is 0.0652. The molecule has 6 heteroatoms. The molecule has 0 fully saturated rings. The molecule has 0 spiro atoms. The molecule has 0 aromatic heterocycles. The Labute approximate surface area is 323 Å². The second-order valence-corrected chi connectivity index (χ2v) is 16.8. The molecule has 50 heavy (non-hydrogen) atoms. The third-order valence-corrected chi connectivity index (χ3v) is 13.8. The number of hydrogen-bond donors (Lipinski definition) is 0. The van der Waals surface area contributed by atoms with Crippen LogP contribution in [0.1, 0.15) is 101 Å². The molecule has 0 unspecified atom stereocenters. The van der Waals surface area contributed by atoms with Gasteiger partial charge in [-0.05, 0) is 102 Å². The van der Waals surface area contributed by atoms with Crippen molar-refractivity contribution in [2.45, 2.75) is 107 Å². The van der Waals surface area contributed by atoms with Crippen LogP contribution >= 0.6 is 7.87 Å². The standard InChI is InChI=1S/C44H64N4P.HI/c1-9-13-33-45(41-25-17-37(5)18-26-41)49(46(34-14-10-2)42-27-19-38(6)20-28-42,47(35-15-11-3)43-29-21-39(7)22-30-43)48(36-16-12-4)44-31-23-40(8)24-32-44;/h17-32H,9-16,33-36H2,1-8H3;1H/q+1;/p-1. The highest BCUT2D eigenvalue weighted by molar-refractivity contribution is 7.81. The van der Waals surface area contributed by atoms with Crippen molar-refractivity contribution in [3.8, 4) is 0 Å². The summed E-state index contributed by atoms with van der Waals surface area (Å²) < 4.78 is 11.5. The number of halogens is 1. The molecule has 0 radical (unpaired) electrons. The second-order valence-electron chi connectivity index (χ2n) is 13.8. The first-order valence-corrected chi connectivity index (χ1v) is 20.7. The van der Waals surface area contributed by atoms with Crippen LogP contribution in [0.25, 0.3) is 0 Å². The summed E-state index contributed by atoms with van der Waals surface area (Å²) in [4.78, 5) is 0. The average molecular weight is 807 g/mol. The highest BCUT2D eigenvalue weighted by atomic mass is 127. The molecule has 0 amide bonds. The number of unbranched alkanes of at least 4 members (excludes halogenated alkanes) is 4. The summed E-state index contributed by atoms with van der Waals surface area (Å²) in [6, 6.07) is 37.7.